The molecule has 0 atom stereocenters. The van der Waals surface area contributed by atoms with E-state index in [9.17, 15) is 13.2 Å². The zero-order valence-electron chi connectivity index (χ0n) is 11.5. The summed E-state index contributed by atoms with van der Waals surface area (Å²) in [5.41, 5.74) is 0.310. The first-order chi connectivity index (χ1) is 9.36. The number of nitrogens with zero attached hydrogens (tertiary/aromatic N) is 2. The quantitative estimate of drug-likeness (QED) is 0.764. The van der Waals surface area contributed by atoms with E-state index in [1.807, 2.05) is 0 Å². The second-order valence-corrected chi connectivity index (χ2v) is 6.61. The Morgan fingerprint density at radius 1 is 1.50 bits per heavy atom. The molecule has 6 nitrogen and oxygen atoms in total. The lowest BCUT2D eigenvalue weighted by atomic mass is 10.2. The predicted molar refractivity (Wildman–Crippen MR) is 78.3 cm³/mol. The molecule has 0 aliphatic rings. The highest BCUT2D eigenvalue weighted by molar-refractivity contribution is 7.88. The third-order valence-corrected chi connectivity index (χ3v) is 4.41. The summed E-state index contributed by atoms with van der Waals surface area (Å²) in [7, 11) is -3.19. The minimum atomic E-state index is -3.19. The number of pyridine rings is 1. The van der Waals surface area contributed by atoms with Gasteiger partial charge in [-0.15, -0.1) is 0 Å². The third kappa shape index (κ3) is 5.07. The predicted octanol–water partition coefficient (Wildman–Crippen LogP) is 1.14. The number of carbonyl (C=O) groups excluding carboxylic acids is 1. The molecule has 1 amide bonds. The summed E-state index contributed by atoms with van der Waals surface area (Å²) in [4.78, 5) is 15.6. The molecule has 0 aromatic carbocycles. The van der Waals surface area contributed by atoms with E-state index >= 15 is 0 Å². The van der Waals surface area contributed by atoms with Crippen molar-refractivity contribution in [1.82, 2.24) is 14.6 Å². The number of nitrogens with one attached hydrogen (secondary N) is 1. The van der Waals surface area contributed by atoms with Crippen LogP contribution in [0.4, 0.5) is 0 Å². The van der Waals surface area contributed by atoms with Gasteiger partial charge in [-0.3, -0.25) is 9.78 Å². The molecule has 8 heteroatoms. The summed E-state index contributed by atoms with van der Waals surface area (Å²) in [5, 5.41) is 3.02. The van der Waals surface area contributed by atoms with Gasteiger partial charge in [0.1, 0.15) is 0 Å². The molecule has 0 aliphatic carbocycles. The number of rotatable bonds is 7. The first-order valence-corrected chi connectivity index (χ1v) is 8.41. The number of carbonyl (C=O) groups is 1. The first kappa shape index (κ1) is 16.9. The molecule has 1 rings (SSSR count). The monoisotopic (exact) mass is 319 g/mol. The Kier molecular flexibility index (Phi) is 6.38. The van der Waals surface area contributed by atoms with Crippen molar-refractivity contribution < 1.29 is 13.2 Å². The molecule has 1 aromatic heterocycles. The Morgan fingerprint density at radius 2 is 2.20 bits per heavy atom. The Balaban J connectivity index is 2.42. The zero-order chi connectivity index (χ0) is 15.2. The number of hydrogen-bond acceptors (Lipinski definition) is 4. The van der Waals surface area contributed by atoms with Gasteiger partial charge in [0.2, 0.25) is 10.0 Å². The standard InChI is InChI=1S/C12H18ClN3O3S/c1-3-16(20(2,18)19)8-4-6-15-12(17)10-9-14-7-5-11(10)13/h5,7,9H,3-4,6,8H2,1-2H3,(H,15,17). The van der Waals surface area contributed by atoms with Crippen LogP contribution in [0.1, 0.15) is 23.7 Å². The summed E-state index contributed by atoms with van der Waals surface area (Å²) in [6.07, 6.45) is 4.60. The molecule has 0 saturated carbocycles. The minimum absolute atomic E-state index is 0.310. The second kappa shape index (κ2) is 7.56. The van der Waals surface area contributed by atoms with Crippen molar-refractivity contribution >= 4 is 27.5 Å². The van der Waals surface area contributed by atoms with E-state index in [4.69, 9.17) is 11.6 Å². The average Bonchev–Trinajstić information content (AvgIpc) is 2.37. The zero-order valence-corrected chi connectivity index (χ0v) is 13.0. The van der Waals surface area contributed by atoms with Gasteiger partial charge in [-0.25, -0.2) is 12.7 Å². The van der Waals surface area contributed by atoms with E-state index in [0.717, 1.165) is 0 Å². The van der Waals surface area contributed by atoms with Gasteiger partial charge in [0.05, 0.1) is 16.8 Å². The van der Waals surface area contributed by atoms with Gasteiger partial charge in [-0.1, -0.05) is 18.5 Å². The van der Waals surface area contributed by atoms with Gasteiger partial charge in [-0.05, 0) is 12.5 Å². The fourth-order valence-electron chi connectivity index (χ4n) is 1.66. The van der Waals surface area contributed by atoms with Crippen molar-refractivity contribution in [3.05, 3.63) is 29.0 Å². The maximum atomic E-state index is 11.8. The Hall–Kier alpha value is -1.18. The van der Waals surface area contributed by atoms with E-state index < -0.39 is 10.0 Å². The van der Waals surface area contributed by atoms with Crippen LogP contribution < -0.4 is 5.32 Å². The van der Waals surface area contributed by atoms with Gasteiger partial charge in [0, 0.05) is 32.0 Å². The summed E-state index contributed by atoms with van der Waals surface area (Å²) in [5.74, 6) is -0.314. The third-order valence-electron chi connectivity index (χ3n) is 2.70. The molecule has 112 valence electrons. The highest BCUT2D eigenvalue weighted by atomic mass is 35.5. The molecule has 0 saturated heterocycles. The van der Waals surface area contributed by atoms with Crippen LogP contribution in [0.5, 0.6) is 0 Å². The van der Waals surface area contributed by atoms with Crippen LogP contribution in [0.25, 0.3) is 0 Å². The second-order valence-electron chi connectivity index (χ2n) is 4.22. The molecule has 0 radical (unpaired) electrons. The fraction of sp³-hybridized carbons (Fsp3) is 0.500. The van der Waals surface area contributed by atoms with Crippen LogP contribution in [-0.4, -0.2) is 49.5 Å². The molecule has 0 aliphatic heterocycles. The highest BCUT2D eigenvalue weighted by Gasteiger charge is 2.14. The normalized spacial score (nSPS) is 11.6. The Labute approximate surface area is 124 Å². The van der Waals surface area contributed by atoms with Crippen LogP contribution in [0, 0.1) is 0 Å². The molecule has 1 heterocycles. The van der Waals surface area contributed by atoms with Crippen LogP contribution in [0.3, 0.4) is 0 Å². The van der Waals surface area contributed by atoms with E-state index in [2.05, 4.69) is 10.3 Å². The maximum Gasteiger partial charge on any atom is 0.254 e. The molecule has 0 bridgehead atoms. The van der Waals surface area contributed by atoms with E-state index in [0.29, 0.717) is 36.6 Å². The van der Waals surface area contributed by atoms with Crippen molar-refractivity contribution in [2.45, 2.75) is 13.3 Å². The molecule has 1 N–H and O–H groups in total. The van der Waals surface area contributed by atoms with Crippen molar-refractivity contribution in [3.63, 3.8) is 0 Å². The molecular formula is C12H18ClN3O3S. The number of hydrogen-bond donors (Lipinski definition) is 1. The SMILES string of the molecule is CCN(CCCNC(=O)c1cnccc1Cl)S(C)(=O)=O. The van der Waals surface area contributed by atoms with Crippen LogP contribution in [0.2, 0.25) is 5.02 Å². The number of halogens is 1. The number of sulfonamides is 1. The van der Waals surface area contributed by atoms with Crippen molar-refractivity contribution in [2.75, 3.05) is 25.9 Å². The minimum Gasteiger partial charge on any atom is -0.352 e. The smallest absolute Gasteiger partial charge is 0.254 e. The van der Waals surface area contributed by atoms with Crippen LogP contribution in [-0.2, 0) is 10.0 Å². The van der Waals surface area contributed by atoms with Gasteiger partial charge in [0.25, 0.3) is 5.91 Å². The van der Waals surface area contributed by atoms with E-state index in [-0.39, 0.29) is 5.91 Å². The average molecular weight is 320 g/mol. The van der Waals surface area contributed by atoms with Gasteiger partial charge < -0.3 is 5.32 Å². The molecular weight excluding hydrogens is 302 g/mol. The summed E-state index contributed by atoms with van der Waals surface area (Å²) < 4.78 is 24.1. The maximum absolute atomic E-state index is 11.8. The lowest BCUT2D eigenvalue weighted by Crippen LogP contribution is -2.33. The summed E-state index contributed by atoms with van der Waals surface area (Å²) in [6, 6.07) is 1.54. The van der Waals surface area contributed by atoms with Crippen LogP contribution in [0.15, 0.2) is 18.5 Å². The topological polar surface area (TPSA) is 79.4 Å². The van der Waals surface area contributed by atoms with E-state index in [1.54, 1.807) is 13.0 Å². The molecule has 0 spiro atoms. The lowest BCUT2D eigenvalue weighted by Gasteiger charge is -2.17. The molecule has 20 heavy (non-hydrogen) atoms. The Morgan fingerprint density at radius 3 is 2.75 bits per heavy atom. The fourth-order valence-corrected chi connectivity index (χ4v) is 2.78. The number of aromatic nitrogens is 1. The van der Waals surface area contributed by atoms with Crippen molar-refractivity contribution in [3.8, 4) is 0 Å². The van der Waals surface area contributed by atoms with Gasteiger partial charge >= 0.3 is 0 Å². The van der Waals surface area contributed by atoms with Crippen LogP contribution >= 0.6 is 11.6 Å². The van der Waals surface area contributed by atoms with Gasteiger partial charge in [-0.2, -0.15) is 0 Å². The molecule has 0 unspecified atom stereocenters. The highest BCUT2D eigenvalue weighted by Crippen LogP contribution is 2.12. The Bertz CT molecular complexity index is 563. The lowest BCUT2D eigenvalue weighted by molar-refractivity contribution is 0.0952. The number of amides is 1. The summed E-state index contributed by atoms with van der Waals surface area (Å²) >= 11 is 5.88. The van der Waals surface area contributed by atoms with E-state index in [1.165, 1.54) is 23.0 Å². The first-order valence-electron chi connectivity index (χ1n) is 6.19. The van der Waals surface area contributed by atoms with Crippen molar-refractivity contribution in [1.29, 1.82) is 0 Å². The van der Waals surface area contributed by atoms with Gasteiger partial charge in [0.15, 0.2) is 0 Å². The van der Waals surface area contributed by atoms with Crippen molar-refractivity contribution in [2.24, 2.45) is 0 Å². The largest absolute Gasteiger partial charge is 0.352 e. The molecule has 1 aromatic rings. The summed E-state index contributed by atoms with van der Waals surface area (Å²) in [6.45, 7) is 2.93. The molecule has 0 fully saturated rings.